The van der Waals surface area contributed by atoms with Crippen LogP contribution in [0.4, 0.5) is 27.8 Å². The van der Waals surface area contributed by atoms with Crippen LogP contribution in [0.5, 0.6) is 0 Å². The van der Waals surface area contributed by atoms with Gasteiger partial charge in [0.1, 0.15) is 35.1 Å². The topological polar surface area (TPSA) is 120 Å². The van der Waals surface area contributed by atoms with Crippen LogP contribution >= 0.6 is 0 Å². The molecule has 10 nitrogen and oxygen atoms in total. The van der Waals surface area contributed by atoms with Gasteiger partial charge in [-0.2, -0.15) is 18.3 Å². The second kappa shape index (κ2) is 11.2. The summed E-state index contributed by atoms with van der Waals surface area (Å²) in [5.74, 6) is 1.06. The summed E-state index contributed by atoms with van der Waals surface area (Å²) in [5, 5.41) is 7.22. The van der Waals surface area contributed by atoms with Gasteiger partial charge in [0, 0.05) is 26.8 Å². The van der Waals surface area contributed by atoms with Crippen LogP contribution in [0.1, 0.15) is 39.9 Å². The molecule has 0 saturated carbocycles. The van der Waals surface area contributed by atoms with Gasteiger partial charge in [-0.15, -0.1) is 0 Å². The molecule has 2 amide bonds. The number of rotatable bonds is 7. The molecular weight excluding hydrogens is 553 g/mol. The van der Waals surface area contributed by atoms with E-state index in [0.29, 0.717) is 11.0 Å². The van der Waals surface area contributed by atoms with Gasteiger partial charge in [0.05, 0.1) is 29.8 Å². The van der Waals surface area contributed by atoms with E-state index in [9.17, 15) is 27.2 Å². The van der Waals surface area contributed by atoms with Crippen molar-refractivity contribution in [1.29, 1.82) is 0 Å². The van der Waals surface area contributed by atoms with Gasteiger partial charge in [0.25, 0.3) is 5.91 Å². The first-order chi connectivity index (χ1) is 19.3. The lowest BCUT2D eigenvalue weighted by Crippen LogP contribution is -2.37. The second-order valence-electron chi connectivity index (χ2n) is 9.35. The molecule has 1 aliphatic rings. The molecule has 3 heterocycles. The van der Waals surface area contributed by atoms with Gasteiger partial charge in [-0.25, -0.2) is 18.4 Å². The number of nitrogens with zero attached hydrogens (tertiary/aromatic N) is 5. The number of imidazole rings is 1. The average Bonchev–Trinajstić information content (AvgIpc) is 3.57. The normalized spacial score (nSPS) is 17.0. The maximum atomic E-state index is 15.3. The molecule has 1 aliphatic heterocycles. The third kappa shape index (κ3) is 5.60. The molecule has 218 valence electrons. The number of hydrogen-bond donors (Lipinski definition) is 2. The van der Waals surface area contributed by atoms with Crippen LogP contribution in [0.3, 0.4) is 0 Å². The summed E-state index contributed by atoms with van der Waals surface area (Å²) in [6, 6.07) is -0.0347. The zero-order valence-electron chi connectivity index (χ0n) is 22.3. The minimum atomic E-state index is -4.64. The Bertz CT molecular complexity index is 1600. The maximum absolute atomic E-state index is 15.3. The van der Waals surface area contributed by atoms with Gasteiger partial charge in [-0.05, 0) is 25.3 Å². The van der Waals surface area contributed by atoms with Crippen LogP contribution in [0.15, 0.2) is 18.7 Å². The third-order valence-corrected chi connectivity index (χ3v) is 6.72. The third-order valence-electron chi connectivity index (χ3n) is 6.72. The van der Waals surface area contributed by atoms with Crippen molar-refractivity contribution in [2.45, 2.75) is 38.1 Å². The highest BCUT2D eigenvalue weighted by Gasteiger charge is 2.38. The van der Waals surface area contributed by atoms with Crippen molar-refractivity contribution in [1.82, 2.24) is 24.2 Å². The quantitative estimate of drug-likeness (QED) is 0.252. The average molecular weight is 580 g/mol. The minimum Gasteiger partial charge on any atom is -0.383 e. The van der Waals surface area contributed by atoms with Crippen LogP contribution in [-0.4, -0.2) is 75.6 Å². The molecule has 0 spiro atoms. The van der Waals surface area contributed by atoms with E-state index in [1.807, 2.05) is 0 Å². The minimum absolute atomic E-state index is 0.149. The molecule has 1 aromatic carbocycles. The summed E-state index contributed by atoms with van der Waals surface area (Å²) in [7, 11) is 3.01. The molecule has 0 unspecified atom stereocenters. The Morgan fingerprint density at radius 1 is 1.32 bits per heavy atom. The summed E-state index contributed by atoms with van der Waals surface area (Å²) in [5.41, 5.74) is 3.61. The fourth-order valence-corrected chi connectivity index (χ4v) is 4.99. The summed E-state index contributed by atoms with van der Waals surface area (Å²) in [6.45, 7) is 3.71. The molecule has 1 saturated heterocycles. The van der Waals surface area contributed by atoms with Crippen LogP contribution in [0, 0.1) is 30.4 Å². The number of fused-ring (bicyclic) bond motifs is 1. The number of nitrogens with one attached hydrogen (secondary N) is 1. The van der Waals surface area contributed by atoms with Crippen molar-refractivity contribution in [2.24, 2.45) is 5.73 Å². The van der Waals surface area contributed by atoms with Gasteiger partial charge in [0.15, 0.2) is 11.5 Å². The highest BCUT2D eigenvalue weighted by molar-refractivity contribution is 6.00. The molecule has 0 radical (unpaired) electrons. The predicted molar refractivity (Wildman–Crippen MR) is 138 cm³/mol. The predicted octanol–water partition coefficient (Wildman–Crippen LogP) is 2.90. The number of aryl methyl sites for hydroxylation is 1. The molecule has 2 atom stereocenters. The molecule has 2 aromatic heterocycles. The second-order valence-corrected chi connectivity index (χ2v) is 9.35. The van der Waals surface area contributed by atoms with Crippen LogP contribution in [0.2, 0.25) is 0 Å². The SMILES string of the molecule is C=CC(=O)N1C[C@@H](n2nc(C#Cc3c(F)cc4c(nc(C)n4CC(F)(F)F)c3F)c(C(N)=O)c2NC)C[C@@H]1COC. The van der Waals surface area contributed by atoms with E-state index < -0.39 is 47.4 Å². The monoisotopic (exact) mass is 579 g/mol. The largest absolute Gasteiger partial charge is 0.406 e. The van der Waals surface area contributed by atoms with E-state index in [-0.39, 0.29) is 53.5 Å². The number of methoxy groups -OCH3 is 1. The Morgan fingerprint density at radius 2 is 2.02 bits per heavy atom. The smallest absolute Gasteiger partial charge is 0.383 e. The number of aromatic nitrogens is 4. The zero-order valence-corrected chi connectivity index (χ0v) is 22.3. The molecule has 3 aromatic rings. The Kier molecular flexibility index (Phi) is 8.07. The molecule has 0 aliphatic carbocycles. The molecule has 0 bridgehead atoms. The Balaban J connectivity index is 1.79. The number of benzene rings is 1. The van der Waals surface area contributed by atoms with Crippen LogP contribution in [-0.2, 0) is 16.1 Å². The molecule has 41 heavy (non-hydrogen) atoms. The van der Waals surface area contributed by atoms with E-state index in [1.54, 1.807) is 4.90 Å². The summed E-state index contributed by atoms with van der Waals surface area (Å²) >= 11 is 0. The van der Waals surface area contributed by atoms with Crippen molar-refractivity contribution in [3.05, 3.63) is 53.0 Å². The van der Waals surface area contributed by atoms with Crippen molar-refractivity contribution in [2.75, 3.05) is 32.6 Å². The van der Waals surface area contributed by atoms with Crippen molar-refractivity contribution in [3.63, 3.8) is 0 Å². The number of anilines is 1. The summed E-state index contributed by atoms with van der Waals surface area (Å²) in [4.78, 5) is 30.2. The first kappa shape index (κ1) is 29.5. The number of carbonyl (C=O) groups excluding carboxylic acids is 2. The molecule has 15 heteroatoms. The molecule has 4 rings (SSSR count). The number of carbonyl (C=O) groups is 2. The molecule has 1 fully saturated rings. The number of ether oxygens (including phenoxy) is 1. The highest BCUT2D eigenvalue weighted by atomic mass is 19.4. The zero-order chi connectivity index (χ0) is 30.2. The van der Waals surface area contributed by atoms with Gasteiger partial charge >= 0.3 is 6.18 Å². The summed E-state index contributed by atoms with van der Waals surface area (Å²) in [6.07, 6.45) is -3.07. The van der Waals surface area contributed by atoms with E-state index in [0.717, 1.165) is 6.07 Å². The Morgan fingerprint density at radius 3 is 2.61 bits per heavy atom. The van der Waals surface area contributed by atoms with E-state index >= 15 is 4.39 Å². The van der Waals surface area contributed by atoms with Gasteiger partial charge in [-0.3, -0.25) is 9.59 Å². The first-order valence-electron chi connectivity index (χ1n) is 12.3. The van der Waals surface area contributed by atoms with Gasteiger partial charge < -0.3 is 25.3 Å². The maximum Gasteiger partial charge on any atom is 0.406 e. The van der Waals surface area contributed by atoms with Crippen molar-refractivity contribution >= 4 is 28.7 Å². The molecule has 3 N–H and O–H groups in total. The number of hydrogen-bond acceptors (Lipinski definition) is 6. The summed E-state index contributed by atoms with van der Waals surface area (Å²) < 4.78 is 76.6. The lowest BCUT2D eigenvalue weighted by atomic mass is 10.1. The standard InChI is InChI=1S/C26H26F5N7O3/c1-5-20(39)36-10-14(8-15(36)11-41-4)38-25(33-3)21(24(32)40)18(35-38)7-6-16-17(27)9-19-23(22(16)28)34-13(2)37(19)12-26(29,30)31/h5,9,14-15,33H,1,8,10-12H2,2-4H3,(H2,32,40)/t14-,15+/m0/s1. The Hall–Kier alpha value is -4.45. The van der Waals surface area contributed by atoms with Crippen LogP contribution in [0.25, 0.3) is 11.0 Å². The number of primary amides is 1. The fourth-order valence-electron chi connectivity index (χ4n) is 4.99. The van der Waals surface area contributed by atoms with E-state index in [2.05, 4.69) is 33.8 Å². The number of halogens is 5. The lowest BCUT2D eigenvalue weighted by Gasteiger charge is -2.22. The fraction of sp³-hybridized carbons (Fsp3) is 0.385. The number of nitrogens with two attached hydrogens (primary N) is 1. The van der Waals surface area contributed by atoms with Gasteiger partial charge in [0.2, 0.25) is 5.91 Å². The van der Waals surface area contributed by atoms with Crippen molar-refractivity contribution in [3.8, 4) is 11.8 Å². The molecular formula is C26H26F5N7O3. The van der Waals surface area contributed by atoms with Gasteiger partial charge in [-0.1, -0.05) is 12.5 Å². The van der Waals surface area contributed by atoms with Crippen molar-refractivity contribution < 1.29 is 36.3 Å². The Labute approximate surface area is 230 Å². The number of likely N-dealkylation sites (tertiary alicyclic amines) is 1. The number of alkyl halides is 3. The highest BCUT2D eigenvalue weighted by Crippen LogP contribution is 2.33. The number of amides is 2. The van der Waals surface area contributed by atoms with E-state index in [4.69, 9.17) is 10.5 Å². The van der Waals surface area contributed by atoms with Crippen LogP contribution < -0.4 is 11.1 Å². The lowest BCUT2D eigenvalue weighted by molar-refractivity contribution is -0.140. The first-order valence-corrected chi connectivity index (χ1v) is 12.3. The van der Waals surface area contributed by atoms with E-state index in [1.165, 1.54) is 31.8 Å².